The Balaban J connectivity index is 1.61. The molecule has 0 atom stereocenters. The van der Waals surface area contributed by atoms with Gasteiger partial charge < -0.3 is 40.5 Å². The van der Waals surface area contributed by atoms with E-state index in [9.17, 15) is 31.6 Å². The fourth-order valence-electron chi connectivity index (χ4n) is 4.35. The lowest BCUT2D eigenvalue weighted by atomic mass is 10.1. The summed E-state index contributed by atoms with van der Waals surface area (Å²) < 4.78 is 81.0. The maximum atomic E-state index is 12.5. The normalized spacial score (nSPS) is 11.8. The highest BCUT2D eigenvalue weighted by Crippen LogP contribution is 2.31. The van der Waals surface area contributed by atoms with Gasteiger partial charge in [0.15, 0.2) is 0 Å². The van der Waals surface area contributed by atoms with Crippen molar-refractivity contribution in [2.24, 2.45) is 0 Å². The predicted octanol–water partition coefficient (Wildman–Crippen LogP) is 1.50. The Hall–Kier alpha value is -5.03. The molecular formula is C28H34N10O13S3. The van der Waals surface area contributed by atoms with Gasteiger partial charge in [0.1, 0.15) is 4.90 Å². The molecule has 0 spiro atoms. The topological polar surface area (TPSA) is 323 Å². The Kier molecular flexibility index (Phi) is 14.9. The van der Waals surface area contributed by atoms with Crippen molar-refractivity contribution in [3.05, 3.63) is 47.5 Å². The molecule has 0 radical (unpaired) electrons. The highest BCUT2D eigenvalue weighted by Gasteiger charge is 2.18. The molecule has 0 fully saturated rings. The number of aromatic nitrogens is 6. The van der Waals surface area contributed by atoms with Gasteiger partial charge in [0, 0.05) is 35.9 Å². The summed E-state index contributed by atoms with van der Waals surface area (Å²) in [7, 11) is -6.40. The molecular weight excluding hydrogens is 781 g/mol. The number of benzene rings is 2. The molecule has 54 heavy (non-hydrogen) atoms. The van der Waals surface area contributed by atoms with Gasteiger partial charge in [-0.05, 0) is 35.4 Å². The van der Waals surface area contributed by atoms with Crippen molar-refractivity contribution in [3.63, 3.8) is 0 Å². The van der Waals surface area contributed by atoms with Gasteiger partial charge in [-0.25, -0.2) is 5.26 Å². The molecule has 2 aromatic carbocycles. The zero-order valence-corrected chi connectivity index (χ0v) is 30.7. The van der Waals surface area contributed by atoms with Crippen molar-refractivity contribution < 1.29 is 60.3 Å². The number of hydrogen-bond donors (Lipinski definition) is 8. The number of anilines is 6. The Morgan fingerprint density at radius 1 is 0.778 bits per heavy atom. The van der Waals surface area contributed by atoms with Crippen LogP contribution >= 0.6 is 12.0 Å². The van der Waals surface area contributed by atoms with Gasteiger partial charge in [0.05, 0.1) is 45.2 Å². The number of nitrogens with one attached hydrogen (secondary N) is 3. The molecule has 0 aliphatic rings. The zero-order chi connectivity index (χ0) is 39.3. The fourth-order valence-corrected chi connectivity index (χ4v) is 5.93. The molecule has 0 aliphatic carbocycles. The zero-order valence-electron chi connectivity index (χ0n) is 28.2. The minimum absolute atomic E-state index is 0.0271. The van der Waals surface area contributed by atoms with Gasteiger partial charge in [-0.15, -0.1) is 4.33 Å². The van der Waals surface area contributed by atoms with Crippen LogP contribution in [0.25, 0.3) is 12.2 Å². The summed E-state index contributed by atoms with van der Waals surface area (Å²) in [5.74, 6) is -0.689. The van der Waals surface area contributed by atoms with Crippen LogP contribution in [0.1, 0.15) is 11.1 Å². The van der Waals surface area contributed by atoms with E-state index >= 15 is 0 Å². The van der Waals surface area contributed by atoms with Crippen molar-refractivity contribution in [3.8, 4) is 12.0 Å². The number of methoxy groups -OCH3 is 2. The maximum absolute atomic E-state index is 12.5. The minimum Gasteiger partial charge on any atom is -0.467 e. The standard InChI is InChI=1S/C28H34N10O13S3/c1-48-27-34-23(29-9-14-53(42,43)44)32-24(35-27)30-19-7-5-17(21(15-19)52-51-50-41)3-4-18-6-8-20(16-22(18)54(45,46)47)31-25-33-26(37-28(36-25)49-2)38(10-12-39)11-13-40/h3-8,15-16,39-41H,9-14H2,1-2H3,(H,42,43,44)(H,45,46,47)(H,31,33,36,37)(H2,29,30,32,34,35). The van der Waals surface area contributed by atoms with Crippen LogP contribution in [0.3, 0.4) is 0 Å². The van der Waals surface area contributed by atoms with Crippen LogP contribution in [-0.2, 0) is 29.6 Å². The molecule has 292 valence electrons. The molecule has 0 bridgehead atoms. The molecule has 0 amide bonds. The lowest BCUT2D eigenvalue weighted by molar-refractivity contribution is -0.432. The smallest absolute Gasteiger partial charge is 0.322 e. The molecule has 0 unspecified atom stereocenters. The minimum atomic E-state index is -4.79. The van der Waals surface area contributed by atoms with Crippen LogP contribution in [0, 0.1) is 0 Å². The van der Waals surface area contributed by atoms with E-state index < -0.39 is 30.9 Å². The number of rotatable bonds is 21. The number of aliphatic hydroxyl groups is 2. The van der Waals surface area contributed by atoms with Gasteiger partial charge in [0.25, 0.3) is 20.2 Å². The van der Waals surface area contributed by atoms with E-state index in [0.29, 0.717) is 28.2 Å². The second-order valence-electron chi connectivity index (χ2n) is 10.4. The number of ether oxygens (including phenoxy) is 2. The van der Waals surface area contributed by atoms with Crippen molar-refractivity contribution in [2.75, 3.05) is 73.7 Å². The molecule has 4 rings (SSSR count). The summed E-state index contributed by atoms with van der Waals surface area (Å²) >= 11 is 0.584. The third kappa shape index (κ3) is 12.5. The fraction of sp³-hybridized carbons (Fsp3) is 0.286. The van der Waals surface area contributed by atoms with E-state index in [1.807, 2.05) is 0 Å². The van der Waals surface area contributed by atoms with E-state index in [4.69, 9.17) is 19.3 Å². The molecule has 0 saturated carbocycles. The second kappa shape index (κ2) is 19.3. The molecule has 8 N–H and O–H groups in total. The van der Waals surface area contributed by atoms with Crippen LogP contribution in [0.4, 0.5) is 35.2 Å². The quantitative estimate of drug-likeness (QED) is 0.0194. The van der Waals surface area contributed by atoms with Crippen molar-refractivity contribution >= 4 is 79.6 Å². The van der Waals surface area contributed by atoms with Crippen molar-refractivity contribution in [1.29, 1.82) is 0 Å². The Labute approximate surface area is 312 Å². The first kappa shape index (κ1) is 41.7. The summed E-state index contributed by atoms with van der Waals surface area (Å²) in [4.78, 5) is 26.0. The van der Waals surface area contributed by atoms with E-state index in [1.54, 1.807) is 12.1 Å². The number of aliphatic hydroxyl groups excluding tert-OH is 2. The van der Waals surface area contributed by atoms with E-state index in [0.717, 1.165) is 6.07 Å². The summed E-state index contributed by atoms with van der Waals surface area (Å²) in [6, 6.07) is 8.50. The highest BCUT2D eigenvalue weighted by molar-refractivity contribution is 7.94. The predicted molar refractivity (Wildman–Crippen MR) is 193 cm³/mol. The second-order valence-corrected chi connectivity index (χ2v) is 14.1. The monoisotopic (exact) mass is 814 g/mol. The van der Waals surface area contributed by atoms with Gasteiger partial charge in [-0.1, -0.05) is 29.3 Å². The van der Waals surface area contributed by atoms with Crippen LogP contribution in [0.2, 0.25) is 0 Å². The average molecular weight is 815 g/mol. The Bertz CT molecular complexity index is 2140. The van der Waals surface area contributed by atoms with Gasteiger partial charge >= 0.3 is 12.0 Å². The molecule has 0 aliphatic heterocycles. The third-order valence-corrected chi connectivity index (χ3v) is 8.95. The van der Waals surface area contributed by atoms with Crippen molar-refractivity contribution in [2.45, 2.75) is 9.79 Å². The lowest BCUT2D eigenvalue weighted by Gasteiger charge is -2.21. The van der Waals surface area contributed by atoms with E-state index in [-0.39, 0.29) is 79.9 Å². The van der Waals surface area contributed by atoms with E-state index in [1.165, 1.54) is 49.5 Å². The molecule has 2 aromatic heterocycles. The van der Waals surface area contributed by atoms with Crippen LogP contribution in [0.5, 0.6) is 12.0 Å². The average Bonchev–Trinajstić information content (AvgIpc) is 3.12. The summed E-state index contributed by atoms with van der Waals surface area (Å²) in [5, 5.41) is 39.7. The third-order valence-electron chi connectivity index (χ3n) is 6.66. The molecule has 23 nitrogen and oxygen atoms in total. The first-order valence-electron chi connectivity index (χ1n) is 15.1. The summed E-state index contributed by atoms with van der Waals surface area (Å²) in [5.41, 5.74) is 1.02. The van der Waals surface area contributed by atoms with Gasteiger partial charge in [0.2, 0.25) is 23.8 Å². The summed E-state index contributed by atoms with van der Waals surface area (Å²) in [6.45, 7) is -0.536. The number of hydrogen-bond acceptors (Lipinski definition) is 22. The summed E-state index contributed by atoms with van der Waals surface area (Å²) in [6.07, 6.45) is 2.89. The van der Waals surface area contributed by atoms with Gasteiger partial charge in [-0.3, -0.25) is 9.11 Å². The Morgan fingerprint density at radius 3 is 1.94 bits per heavy atom. The molecule has 26 heteroatoms. The van der Waals surface area contributed by atoms with Crippen molar-refractivity contribution in [1.82, 2.24) is 29.9 Å². The first-order valence-corrected chi connectivity index (χ1v) is 18.9. The van der Waals surface area contributed by atoms with Crippen LogP contribution in [-0.4, -0.2) is 124 Å². The van der Waals surface area contributed by atoms with Crippen LogP contribution < -0.4 is 30.3 Å². The molecule has 2 heterocycles. The van der Waals surface area contributed by atoms with E-state index in [2.05, 4.69) is 55.2 Å². The number of nitrogens with zero attached hydrogens (tertiary/aromatic N) is 7. The maximum Gasteiger partial charge on any atom is 0.322 e. The largest absolute Gasteiger partial charge is 0.467 e. The van der Waals surface area contributed by atoms with Gasteiger partial charge in [-0.2, -0.15) is 46.7 Å². The highest BCUT2D eigenvalue weighted by atomic mass is 32.2. The van der Waals surface area contributed by atoms with Crippen LogP contribution in [0.15, 0.2) is 46.2 Å². The first-order chi connectivity index (χ1) is 25.7. The lowest BCUT2D eigenvalue weighted by Crippen LogP contribution is -2.31. The molecule has 4 aromatic rings. The Morgan fingerprint density at radius 2 is 1.35 bits per heavy atom. The molecule has 0 saturated heterocycles. The SMILES string of the molecule is COc1nc(NCCS(=O)(=O)O)nc(Nc2ccc(C=Cc3ccc(Nc4nc(OC)nc(N(CCO)CCO)n4)cc3S(=O)(=O)O)c(SOOO)c2)n1.